The molecular formula is C11H24N2O4S. The molecule has 18 heavy (non-hydrogen) atoms. The Morgan fingerprint density at radius 2 is 1.83 bits per heavy atom. The Kier molecular flexibility index (Phi) is 5.54. The van der Waals surface area contributed by atoms with Crippen molar-refractivity contribution >= 4 is 10.2 Å². The van der Waals surface area contributed by atoms with Crippen LogP contribution in [0.1, 0.15) is 27.7 Å². The molecule has 3 atom stereocenters. The zero-order chi connectivity index (χ0) is 13.9. The number of morpholine rings is 1. The van der Waals surface area contributed by atoms with Crippen molar-refractivity contribution in [3.8, 4) is 0 Å². The summed E-state index contributed by atoms with van der Waals surface area (Å²) in [5.41, 5.74) is 0. The highest BCUT2D eigenvalue weighted by atomic mass is 32.2. The number of nitrogens with zero attached hydrogens (tertiary/aromatic N) is 1. The Bertz CT molecular complexity index is 348. The third kappa shape index (κ3) is 4.47. The maximum absolute atomic E-state index is 12.1. The predicted octanol–water partition coefficient (Wildman–Crippen LogP) is -0.0531. The van der Waals surface area contributed by atoms with Gasteiger partial charge in [-0.1, -0.05) is 13.8 Å². The van der Waals surface area contributed by atoms with E-state index in [1.165, 1.54) is 4.31 Å². The molecule has 1 saturated heterocycles. The average molecular weight is 280 g/mol. The molecule has 0 aliphatic carbocycles. The van der Waals surface area contributed by atoms with E-state index in [2.05, 4.69) is 4.72 Å². The second-order valence-corrected chi connectivity index (χ2v) is 6.99. The zero-order valence-corrected chi connectivity index (χ0v) is 12.3. The lowest BCUT2D eigenvalue weighted by atomic mass is 10.1. The molecule has 2 N–H and O–H groups in total. The van der Waals surface area contributed by atoms with Crippen LogP contribution in [0.4, 0.5) is 0 Å². The van der Waals surface area contributed by atoms with Gasteiger partial charge in [-0.2, -0.15) is 17.4 Å². The van der Waals surface area contributed by atoms with Crippen LogP contribution in [-0.4, -0.2) is 55.8 Å². The number of aliphatic hydroxyl groups is 1. The SMILES string of the molecule is CC1CN(S(=O)(=O)NCC(O)C(C)C)CC(C)O1. The Balaban J connectivity index is 2.57. The zero-order valence-electron chi connectivity index (χ0n) is 11.5. The van der Waals surface area contributed by atoms with Crippen molar-refractivity contribution in [2.45, 2.75) is 46.0 Å². The predicted molar refractivity (Wildman–Crippen MR) is 69.3 cm³/mol. The van der Waals surface area contributed by atoms with Gasteiger partial charge in [-0.3, -0.25) is 0 Å². The van der Waals surface area contributed by atoms with E-state index in [9.17, 15) is 13.5 Å². The highest BCUT2D eigenvalue weighted by Gasteiger charge is 2.31. The van der Waals surface area contributed by atoms with Gasteiger partial charge in [-0.05, 0) is 19.8 Å². The van der Waals surface area contributed by atoms with E-state index in [1.54, 1.807) is 0 Å². The number of ether oxygens (including phenoxy) is 1. The van der Waals surface area contributed by atoms with Gasteiger partial charge in [0.2, 0.25) is 0 Å². The van der Waals surface area contributed by atoms with Crippen LogP contribution in [0.3, 0.4) is 0 Å². The fraction of sp³-hybridized carbons (Fsp3) is 1.00. The van der Waals surface area contributed by atoms with Crippen molar-refractivity contribution in [2.75, 3.05) is 19.6 Å². The summed E-state index contributed by atoms with van der Waals surface area (Å²) < 4.78 is 33.4. The minimum absolute atomic E-state index is 0.0234. The lowest BCUT2D eigenvalue weighted by molar-refractivity contribution is -0.0444. The summed E-state index contributed by atoms with van der Waals surface area (Å²) in [7, 11) is -3.53. The summed E-state index contributed by atoms with van der Waals surface area (Å²) in [6, 6.07) is 0. The van der Waals surface area contributed by atoms with Gasteiger partial charge in [0.1, 0.15) is 0 Å². The molecule has 0 bridgehead atoms. The summed E-state index contributed by atoms with van der Waals surface area (Å²) in [6.45, 7) is 8.12. The average Bonchev–Trinajstić information content (AvgIpc) is 2.24. The summed E-state index contributed by atoms with van der Waals surface area (Å²) in [6.07, 6.45) is -0.892. The first kappa shape index (κ1) is 15.8. The van der Waals surface area contributed by atoms with Crippen LogP contribution in [-0.2, 0) is 14.9 Å². The molecule has 7 heteroatoms. The van der Waals surface area contributed by atoms with Gasteiger partial charge in [-0.25, -0.2) is 0 Å². The minimum atomic E-state index is -3.53. The highest BCUT2D eigenvalue weighted by molar-refractivity contribution is 7.87. The Hall–Kier alpha value is -0.210. The van der Waals surface area contributed by atoms with E-state index in [-0.39, 0.29) is 24.7 Å². The largest absolute Gasteiger partial charge is 0.391 e. The number of hydrogen-bond acceptors (Lipinski definition) is 4. The van der Waals surface area contributed by atoms with Crippen LogP contribution in [0.15, 0.2) is 0 Å². The molecule has 6 nitrogen and oxygen atoms in total. The lowest BCUT2D eigenvalue weighted by Crippen LogP contribution is -2.53. The standard InChI is InChI=1S/C11H24N2O4S/c1-8(2)11(14)5-12-18(15,16)13-6-9(3)17-10(4)7-13/h8-12,14H,5-7H2,1-4H3. The van der Waals surface area contributed by atoms with Crippen LogP contribution in [0.25, 0.3) is 0 Å². The molecular weight excluding hydrogens is 256 g/mol. The molecule has 0 aromatic carbocycles. The number of nitrogens with one attached hydrogen (secondary N) is 1. The molecule has 108 valence electrons. The van der Waals surface area contributed by atoms with Crippen molar-refractivity contribution < 1.29 is 18.3 Å². The van der Waals surface area contributed by atoms with Crippen LogP contribution < -0.4 is 4.72 Å². The number of rotatable bonds is 5. The second-order valence-electron chi connectivity index (χ2n) is 5.24. The molecule has 0 saturated carbocycles. The maximum atomic E-state index is 12.1. The molecule has 1 rings (SSSR count). The molecule has 1 fully saturated rings. The normalized spacial score (nSPS) is 28.6. The molecule has 0 amide bonds. The fourth-order valence-electron chi connectivity index (χ4n) is 1.84. The molecule has 0 radical (unpaired) electrons. The van der Waals surface area contributed by atoms with E-state index < -0.39 is 16.3 Å². The van der Waals surface area contributed by atoms with Crippen LogP contribution in [0.2, 0.25) is 0 Å². The van der Waals surface area contributed by atoms with Gasteiger partial charge < -0.3 is 9.84 Å². The topological polar surface area (TPSA) is 78.9 Å². The quantitative estimate of drug-likeness (QED) is 0.740. The van der Waals surface area contributed by atoms with Crippen molar-refractivity contribution in [2.24, 2.45) is 5.92 Å². The molecule has 1 aliphatic heterocycles. The van der Waals surface area contributed by atoms with Gasteiger partial charge in [0.15, 0.2) is 0 Å². The van der Waals surface area contributed by atoms with Gasteiger partial charge in [-0.15, -0.1) is 0 Å². The van der Waals surface area contributed by atoms with Crippen molar-refractivity contribution in [3.05, 3.63) is 0 Å². The van der Waals surface area contributed by atoms with Gasteiger partial charge >= 0.3 is 0 Å². The second kappa shape index (κ2) is 6.29. The van der Waals surface area contributed by atoms with Crippen molar-refractivity contribution in [1.29, 1.82) is 0 Å². The Labute approximate surface area is 109 Å². The summed E-state index contributed by atoms with van der Waals surface area (Å²) in [4.78, 5) is 0. The molecule has 1 aliphatic rings. The highest BCUT2D eigenvalue weighted by Crippen LogP contribution is 2.13. The Morgan fingerprint density at radius 3 is 2.28 bits per heavy atom. The third-order valence-electron chi connectivity index (χ3n) is 2.97. The van der Waals surface area contributed by atoms with Gasteiger partial charge in [0, 0.05) is 19.6 Å². The molecule has 0 spiro atoms. The molecule has 0 aromatic rings. The van der Waals surface area contributed by atoms with Crippen molar-refractivity contribution in [1.82, 2.24) is 9.03 Å². The van der Waals surface area contributed by atoms with E-state index in [1.807, 2.05) is 27.7 Å². The molecule has 3 unspecified atom stereocenters. The minimum Gasteiger partial charge on any atom is -0.391 e. The van der Waals surface area contributed by atoms with Crippen LogP contribution in [0, 0.1) is 5.92 Å². The number of aliphatic hydroxyl groups excluding tert-OH is 1. The van der Waals surface area contributed by atoms with Crippen LogP contribution >= 0.6 is 0 Å². The smallest absolute Gasteiger partial charge is 0.279 e. The van der Waals surface area contributed by atoms with Crippen LogP contribution in [0.5, 0.6) is 0 Å². The first-order valence-electron chi connectivity index (χ1n) is 6.30. The summed E-state index contributed by atoms with van der Waals surface area (Å²) in [5.74, 6) is 0.0234. The van der Waals surface area contributed by atoms with E-state index in [0.717, 1.165) is 0 Å². The number of hydrogen-bond donors (Lipinski definition) is 2. The monoisotopic (exact) mass is 280 g/mol. The summed E-state index contributed by atoms with van der Waals surface area (Å²) >= 11 is 0. The Morgan fingerprint density at radius 1 is 1.33 bits per heavy atom. The van der Waals surface area contributed by atoms with Gasteiger partial charge in [0.05, 0.1) is 18.3 Å². The van der Waals surface area contributed by atoms with E-state index in [4.69, 9.17) is 4.74 Å². The fourth-order valence-corrected chi connectivity index (χ4v) is 3.22. The van der Waals surface area contributed by atoms with E-state index in [0.29, 0.717) is 13.1 Å². The van der Waals surface area contributed by atoms with E-state index >= 15 is 0 Å². The molecule has 0 aromatic heterocycles. The molecule has 1 heterocycles. The summed E-state index contributed by atoms with van der Waals surface area (Å²) in [5, 5.41) is 9.62. The first-order chi connectivity index (χ1) is 8.22. The maximum Gasteiger partial charge on any atom is 0.279 e. The van der Waals surface area contributed by atoms with Crippen molar-refractivity contribution in [3.63, 3.8) is 0 Å². The lowest BCUT2D eigenvalue weighted by Gasteiger charge is -2.34. The third-order valence-corrected chi connectivity index (χ3v) is 4.48. The van der Waals surface area contributed by atoms with Gasteiger partial charge in [0.25, 0.3) is 10.2 Å². The first-order valence-corrected chi connectivity index (χ1v) is 7.74.